The van der Waals surface area contributed by atoms with Gasteiger partial charge < -0.3 is 13.9 Å². The van der Waals surface area contributed by atoms with Gasteiger partial charge in [-0.2, -0.15) is 0 Å². The van der Waals surface area contributed by atoms with Gasteiger partial charge in [0.05, 0.1) is 18.6 Å². The van der Waals surface area contributed by atoms with Gasteiger partial charge in [0.25, 0.3) is 0 Å². The van der Waals surface area contributed by atoms with Crippen molar-refractivity contribution in [2.24, 2.45) is 5.84 Å². The zero-order valence-electron chi connectivity index (χ0n) is 10.5. The number of rotatable bonds is 4. The smallest absolute Gasteiger partial charge is 0.166 e. The van der Waals surface area contributed by atoms with Gasteiger partial charge in [0.2, 0.25) is 0 Å². The molecule has 0 aliphatic carbocycles. The van der Waals surface area contributed by atoms with E-state index in [2.05, 4.69) is 5.43 Å². The summed E-state index contributed by atoms with van der Waals surface area (Å²) in [6.45, 7) is 1.14. The van der Waals surface area contributed by atoms with Crippen LogP contribution in [-0.4, -0.2) is 13.2 Å². The van der Waals surface area contributed by atoms with Gasteiger partial charge in [0, 0.05) is 5.56 Å². The number of para-hydroxylation sites is 1. The summed E-state index contributed by atoms with van der Waals surface area (Å²) >= 11 is 0. The van der Waals surface area contributed by atoms with E-state index in [1.807, 2.05) is 24.3 Å². The van der Waals surface area contributed by atoms with Crippen LogP contribution in [0.15, 0.2) is 41.2 Å². The van der Waals surface area contributed by atoms with Crippen molar-refractivity contribution < 1.29 is 13.9 Å². The topological polar surface area (TPSA) is 69.7 Å². The lowest BCUT2D eigenvalue weighted by Gasteiger charge is -2.24. The molecule has 0 spiro atoms. The Morgan fingerprint density at radius 3 is 2.89 bits per heavy atom. The molecule has 2 heterocycles. The molecule has 1 aromatic carbocycles. The van der Waals surface area contributed by atoms with E-state index in [4.69, 9.17) is 19.7 Å². The molecule has 1 atom stereocenters. The lowest BCUT2D eigenvalue weighted by atomic mass is 9.99. The molecular weight excluding hydrogens is 244 g/mol. The van der Waals surface area contributed by atoms with Gasteiger partial charge in [-0.05, 0) is 24.1 Å². The molecule has 0 amide bonds. The van der Waals surface area contributed by atoms with Gasteiger partial charge in [0.15, 0.2) is 11.5 Å². The van der Waals surface area contributed by atoms with Crippen molar-refractivity contribution in [3.05, 3.63) is 47.9 Å². The van der Waals surface area contributed by atoms with E-state index in [0.29, 0.717) is 13.2 Å². The second-order valence-corrected chi connectivity index (χ2v) is 4.43. The van der Waals surface area contributed by atoms with E-state index in [1.54, 1.807) is 12.5 Å². The average molecular weight is 260 g/mol. The standard InChI is InChI=1S/C14H16N2O3/c15-16-12(8-10-4-5-17-9-10)11-2-1-3-13-14(11)19-7-6-18-13/h1-5,9,12,16H,6-8,15H2. The first-order chi connectivity index (χ1) is 9.38. The van der Waals surface area contributed by atoms with Crippen LogP contribution in [0.3, 0.4) is 0 Å². The fourth-order valence-corrected chi connectivity index (χ4v) is 2.27. The Morgan fingerprint density at radius 1 is 1.21 bits per heavy atom. The van der Waals surface area contributed by atoms with Gasteiger partial charge in [-0.3, -0.25) is 11.3 Å². The highest BCUT2D eigenvalue weighted by Gasteiger charge is 2.21. The maximum atomic E-state index is 5.71. The molecule has 1 aliphatic rings. The summed E-state index contributed by atoms with van der Waals surface area (Å²) in [5, 5.41) is 0. The minimum Gasteiger partial charge on any atom is -0.486 e. The van der Waals surface area contributed by atoms with Crippen molar-refractivity contribution in [2.45, 2.75) is 12.5 Å². The molecule has 1 aromatic heterocycles. The van der Waals surface area contributed by atoms with Crippen LogP contribution in [0.2, 0.25) is 0 Å². The number of furan rings is 1. The SMILES string of the molecule is NNC(Cc1ccoc1)c1cccc2c1OCCO2. The lowest BCUT2D eigenvalue weighted by molar-refractivity contribution is 0.168. The van der Waals surface area contributed by atoms with Crippen LogP contribution in [0.25, 0.3) is 0 Å². The lowest BCUT2D eigenvalue weighted by Crippen LogP contribution is -2.30. The normalized spacial score (nSPS) is 15.2. The maximum Gasteiger partial charge on any atom is 0.166 e. The first-order valence-corrected chi connectivity index (χ1v) is 6.24. The monoisotopic (exact) mass is 260 g/mol. The van der Waals surface area contributed by atoms with E-state index in [1.165, 1.54) is 0 Å². The minimum atomic E-state index is -0.0470. The Morgan fingerprint density at radius 2 is 2.11 bits per heavy atom. The molecule has 0 saturated heterocycles. The van der Waals surface area contributed by atoms with Gasteiger partial charge in [0.1, 0.15) is 13.2 Å². The number of benzene rings is 1. The predicted molar refractivity (Wildman–Crippen MR) is 69.9 cm³/mol. The summed E-state index contributed by atoms with van der Waals surface area (Å²) in [5.41, 5.74) is 4.91. The second kappa shape index (κ2) is 5.34. The number of hydrogen-bond acceptors (Lipinski definition) is 5. The third-order valence-electron chi connectivity index (χ3n) is 3.19. The average Bonchev–Trinajstić information content (AvgIpc) is 2.97. The minimum absolute atomic E-state index is 0.0470. The molecule has 0 fully saturated rings. The van der Waals surface area contributed by atoms with Gasteiger partial charge in [-0.1, -0.05) is 12.1 Å². The molecule has 5 heteroatoms. The van der Waals surface area contributed by atoms with E-state index in [9.17, 15) is 0 Å². The highest BCUT2D eigenvalue weighted by molar-refractivity contribution is 5.49. The number of nitrogens with one attached hydrogen (secondary N) is 1. The molecule has 0 saturated carbocycles. The summed E-state index contributed by atoms with van der Waals surface area (Å²) in [5.74, 6) is 7.23. The fraction of sp³-hybridized carbons (Fsp3) is 0.286. The van der Waals surface area contributed by atoms with Gasteiger partial charge >= 0.3 is 0 Å². The van der Waals surface area contributed by atoms with Crippen molar-refractivity contribution in [2.75, 3.05) is 13.2 Å². The van der Waals surface area contributed by atoms with Crippen LogP contribution >= 0.6 is 0 Å². The number of hydrazine groups is 1. The second-order valence-electron chi connectivity index (χ2n) is 4.43. The third kappa shape index (κ3) is 2.43. The van der Waals surface area contributed by atoms with Crippen molar-refractivity contribution >= 4 is 0 Å². The van der Waals surface area contributed by atoms with Crippen LogP contribution in [0.4, 0.5) is 0 Å². The van der Waals surface area contributed by atoms with Crippen LogP contribution in [0.5, 0.6) is 11.5 Å². The first-order valence-electron chi connectivity index (χ1n) is 6.24. The van der Waals surface area contributed by atoms with Crippen LogP contribution < -0.4 is 20.7 Å². The summed E-state index contributed by atoms with van der Waals surface area (Å²) in [6.07, 6.45) is 4.10. The quantitative estimate of drug-likeness (QED) is 0.648. The van der Waals surface area contributed by atoms with E-state index < -0.39 is 0 Å². The molecule has 0 radical (unpaired) electrons. The van der Waals surface area contributed by atoms with Crippen molar-refractivity contribution in [3.8, 4) is 11.5 Å². The largest absolute Gasteiger partial charge is 0.486 e. The van der Waals surface area contributed by atoms with Gasteiger partial charge in [-0.15, -0.1) is 0 Å². The first kappa shape index (κ1) is 12.1. The summed E-state index contributed by atoms with van der Waals surface area (Å²) < 4.78 is 16.4. The highest BCUT2D eigenvalue weighted by atomic mass is 16.6. The molecule has 100 valence electrons. The van der Waals surface area contributed by atoms with Gasteiger partial charge in [-0.25, -0.2) is 0 Å². The third-order valence-corrected chi connectivity index (χ3v) is 3.19. The fourth-order valence-electron chi connectivity index (χ4n) is 2.27. The Balaban J connectivity index is 1.90. The number of ether oxygens (including phenoxy) is 2. The maximum absolute atomic E-state index is 5.71. The number of fused-ring (bicyclic) bond motifs is 1. The summed E-state index contributed by atoms with van der Waals surface area (Å²) in [4.78, 5) is 0. The molecule has 19 heavy (non-hydrogen) atoms. The zero-order valence-corrected chi connectivity index (χ0v) is 10.5. The number of hydrogen-bond donors (Lipinski definition) is 2. The van der Waals surface area contributed by atoms with Crippen molar-refractivity contribution in [3.63, 3.8) is 0 Å². The van der Waals surface area contributed by atoms with Crippen molar-refractivity contribution in [1.82, 2.24) is 5.43 Å². The Bertz CT molecular complexity index is 540. The Hall–Kier alpha value is -1.98. The summed E-state index contributed by atoms with van der Waals surface area (Å²) in [6, 6.07) is 7.73. The Labute approximate surface area is 111 Å². The molecule has 0 bridgehead atoms. The van der Waals surface area contributed by atoms with Crippen LogP contribution in [-0.2, 0) is 6.42 Å². The molecule has 2 aromatic rings. The zero-order chi connectivity index (χ0) is 13.1. The summed E-state index contributed by atoms with van der Waals surface area (Å²) in [7, 11) is 0. The van der Waals surface area contributed by atoms with E-state index >= 15 is 0 Å². The molecule has 5 nitrogen and oxygen atoms in total. The molecular formula is C14H16N2O3. The molecule has 1 unspecified atom stereocenters. The number of nitrogens with two attached hydrogens (primary N) is 1. The molecule has 3 N–H and O–H groups in total. The van der Waals surface area contributed by atoms with Crippen molar-refractivity contribution in [1.29, 1.82) is 0 Å². The van der Waals surface area contributed by atoms with E-state index in [-0.39, 0.29) is 6.04 Å². The molecule has 3 rings (SSSR count). The predicted octanol–water partition coefficient (Wildman–Crippen LogP) is 1.80. The highest BCUT2D eigenvalue weighted by Crippen LogP contribution is 2.37. The Kier molecular flexibility index (Phi) is 3.39. The van der Waals surface area contributed by atoms with Crippen LogP contribution in [0, 0.1) is 0 Å². The van der Waals surface area contributed by atoms with Crippen LogP contribution in [0.1, 0.15) is 17.2 Å². The molecule has 1 aliphatic heterocycles. The van der Waals surface area contributed by atoms with E-state index in [0.717, 1.165) is 29.0 Å².